The zero-order chi connectivity index (χ0) is 17.9. The van der Waals surface area contributed by atoms with Gasteiger partial charge < -0.3 is 25.0 Å². The molecule has 1 aliphatic heterocycles. The predicted molar refractivity (Wildman–Crippen MR) is 99.0 cm³/mol. The van der Waals surface area contributed by atoms with Crippen LogP contribution in [0.15, 0.2) is 12.1 Å². The van der Waals surface area contributed by atoms with Gasteiger partial charge in [-0.2, -0.15) is 0 Å². The number of amides is 2. The summed E-state index contributed by atoms with van der Waals surface area (Å²) in [7, 11) is 6.34. The first-order valence-electron chi connectivity index (χ1n) is 7.88. The van der Waals surface area contributed by atoms with E-state index in [-0.39, 0.29) is 30.1 Å². The lowest BCUT2D eigenvalue weighted by Crippen LogP contribution is -2.48. The maximum absolute atomic E-state index is 12.5. The maximum Gasteiger partial charge on any atom is 0.255 e. The SMILES string of the molecule is COc1cc(NC(=O)C(C)C2CNC2)c(C(=O)N(C)C)cc1OC.Cl. The highest BCUT2D eigenvalue weighted by molar-refractivity contribution is 6.04. The average Bonchev–Trinajstić information content (AvgIpc) is 2.51. The largest absolute Gasteiger partial charge is 0.493 e. The highest BCUT2D eigenvalue weighted by atomic mass is 35.5. The van der Waals surface area contributed by atoms with Crippen LogP contribution in [0, 0.1) is 11.8 Å². The predicted octanol–water partition coefficient (Wildman–Crippen LogP) is 1.62. The van der Waals surface area contributed by atoms with E-state index >= 15 is 0 Å². The van der Waals surface area contributed by atoms with Gasteiger partial charge in [0.05, 0.1) is 25.5 Å². The Morgan fingerprint density at radius 2 is 1.76 bits per heavy atom. The van der Waals surface area contributed by atoms with Gasteiger partial charge >= 0.3 is 0 Å². The molecular formula is C17H26ClN3O4. The van der Waals surface area contributed by atoms with Gasteiger partial charge in [0.2, 0.25) is 5.91 Å². The molecule has 0 aromatic heterocycles. The fraction of sp³-hybridized carbons (Fsp3) is 0.529. The molecule has 0 bridgehead atoms. The lowest BCUT2D eigenvalue weighted by molar-refractivity contribution is -0.121. The van der Waals surface area contributed by atoms with Crippen molar-refractivity contribution >= 4 is 29.9 Å². The van der Waals surface area contributed by atoms with Crippen LogP contribution in [-0.2, 0) is 4.79 Å². The molecule has 1 unspecified atom stereocenters. The van der Waals surface area contributed by atoms with Gasteiger partial charge in [0.25, 0.3) is 5.91 Å². The molecule has 1 heterocycles. The van der Waals surface area contributed by atoms with Crippen LogP contribution in [0.4, 0.5) is 5.69 Å². The molecular weight excluding hydrogens is 346 g/mol. The molecule has 2 N–H and O–H groups in total. The summed E-state index contributed by atoms with van der Waals surface area (Å²) in [6.45, 7) is 3.57. The van der Waals surface area contributed by atoms with Crippen molar-refractivity contribution < 1.29 is 19.1 Å². The quantitative estimate of drug-likeness (QED) is 0.794. The van der Waals surface area contributed by atoms with E-state index in [4.69, 9.17) is 9.47 Å². The molecule has 1 aromatic carbocycles. The smallest absolute Gasteiger partial charge is 0.255 e. The minimum Gasteiger partial charge on any atom is -0.493 e. The third-order valence-corrected chi connectivity index (χ3v) is 4.35. The summed E-state index contributed by atoms with van der Waals surface area (Å²) in [5.41, 5.74) is 0.792. The maximum atomic E-state index is 12.5. The second-order valence-electron chi connectivity index (χ2n) is 6.15. The Balaban J connectivity index is 0.00000312. The molecule has 1 fully saturated rings. The Bertz CT molecular complexity index is 633. The number of ether oxygens (including phenoxy) is 2. The van der Waals surface area contributed by atoms with Crippen LogP contribution in [-0.4, -0.2) is 58.1 Å². The normalized spacial score (nSPS) is 14.6. The van der Waals surface area contributed by atoms with Crippen LogP contribution in [0.1, 0.15) is 17.3 Å². The van der Waals surface area contributed by atoms with E-state index in [1.54, 1.807) is 26.2 Å². The number of nitrogens with one attached hydrogen (secondary N) is 2. The molecule has 8 heteroatoms. The van der Waals surface area contributed by atoms with Crippen LogP contribution in [0.2, 0.25) is 0 Å². The minimum absolute atomic E-state index is 0. The van der Waals surface area contributed by atoms with Crippen LogP contribution in [0.3, 0.4) is 0 Å². The van der Waals surface area contributed by atoms with Gasteiger partial charge in [-0.15, -0.1) is 12.4 Å². The van der Waals surface area contributed by atoms with Crippen molar-refractivity contribution in [3.8, 4) is 11.5 Å². The van der Waals surface area contributed by atoms with E-state index in [0.717, 1.165) is 13.1 Å². The number of halogens is 1. The number of hydrogen-bond acceptors (Lipinski definition) is 5. The molecule has 2 amide bonds. The molecule has 1 atom stereocenters. The second-order valence-corrected chi connectivity index (χ2v) is 6.15. The fourth-order valence-electron chi connectivity index (χ4n) is 2.53. The van der Waals surface area contributed by atoms with Crippen molar-refractivity contribution in [3.63, 3.8) is 0 Å². The van der Waals surface area contributed by atoms with E-state index in [1.807, 2.05) is 6.92 Å². The molecule has 1 aliphatic rings. The molecule has 0 spiro atoms. The number of nitrogens with zero attached hydrogens (tertiary/aromatic N) is 1. The highest BCUT2D eigenvalue weighted by Crippen LogP contribution is 2.34. The van der Waals surface area contributed by atoms with Crippen molar-refractivity contribution in [2.75, 3.05) is 46.7 Å². The lowest BCUT2D eigenvalue weighted by Gasteiger charge is -2.32. The highest BCUT2D eigenvalue weighted by Gasteiger charge is 2.30. The van der Waals surface area contributed by atoms with E-state index in [0.29, 0.717) is 28.7 Å². The summed E-state index contributed by atoms with van der Waals surface area (Å²) in [6.07, 6.45) is 0. The third-order valence-electron chi connectivity index (χ3n) is 4.35. The Hall–Kier alpha value is -1.99. The summed E-state index contributed by atoms with van der Waals surface area (Å²) in [5.74, 6) is 0.753. The Labute approximate surface area is 154 Å². The Kier molecular flexibility index (Phi) is 7.51. The number of anilines is 1. The third kappa shape index (κ3) is 4.55. The molecule has 0 radical (unpaired) electrons. The topological polar surface area (TPSA) is 79.9 Å². The second kappa shape index (κ2) is 8.92. The number of rotatable bonds is 6. The molecule has 1 saturated heterocycles. The van der Waals surface area contributed by atoms with Gasteiger partial charge in [0, 0.05) is 26.1 Å². The van der Waals surface area contributed by atoms with Crippen LogP contribution in [0.25, 0.3) is 0 Å². The summed E-state index contributed by atoms with van der Waals surface area (Å²) in [5, 5.41) is 6.03. The van der Waals surface area contributed by atoms with E-state index in [2.05, 4.69) is 10.6 Å². The minimum atomic E-state index is -0.218. The Morgan fingerprint density at radius 1 is 1.20 bits per heavy atom. The molecule has 0 aliphatic carbocycles. The lowest BCUT2D eigenvalue weighted by atomic mass is 9.88. The standard InChI is InChI=1S/C17H25N3O4.ClH/c1-10(11-8-18-9-11)16(21)19-13-7-15(24-5)14(23-4)6-12(13)17(22)20(2)3;/h6-7,10-11,18H,8-9H2,1-5H3,(H,19,21);1H. The van der Waals surface area contributed by atoms with Crippen molar-refractivity contribution in [3.05, 3.63) is 17.7 Å². The first-order chi connectivity index (χ1) is 11.4. The van der Waals surface area contributed by atoms with E-state index < -0.39 is 0 Å². The van der Waals surface area contributed by atoms with E-state index in [9.17, 15) is 9.59 Å². The summed E-state index contributed by atoms with van der Waals surface area (Å²) in [4.78, 5) is 26.4. The number of benzene rings is 1. The molecule has 0 saturated carbocycles. The average molecular weight is 372 g/mol. The monoisotopic (exact) mass is 371 g/mol. The van der Waals surface area contributed by atoms with Crippen molar-refractivity contribution in [2.45, 2.75) is 6.92 Å². The van der Waals surface area contributed by atoms with Gasteiger partial charge in [0.1, 0.15) is 0 Å². The van der Waals surface area contributed by atoms with Crippen molar-refractivity contribution in [1.82, 2.24) is 10.2 Å². The van der Waals surface area contributed by atoms with Gasteiger partial charge in [-0.05, 0) is 25.1 Å². The first kappa shape index (κ1) is 21.1. The van der Waals surface area contributed by atoms with Crippen molar-refractivity contribution in [1.29, 1.82) is 0 Å². The number of carbonyl (C=O) groups excluding carboxylic acids is 2. The zero-order valence-corrected chi connectivity index (χ0v) is 16.0. The van der Waals surface area contributed by atoms with E-state index in [1.165, 1.54) is 19.1 Å². The molecule has 1 aromatic rings. The summed E-state index contributed by atoms with van der Waals surface area (Å²) >= 11 is 0. The first-order valence-corrected chi connectivity index (χ1v) is 7.88. The summed E-state index contributed by atoms with van der Waals surface area (Å²) in [6, 6.07) is 3.21. The van der Waals surface area contributed by atoms with Crippen LogP contribution < -0.4 is 20.1 Å². The number of carbonyl (C=O) groups is 2. The fourth-order valence-corrected chi connectivity index (χ4v) is 2.53. The van der Waals surface area contributed by atoms with Crippen LogP contribution >= 0.6 is 12.4 Å². The van der Waals surface area contributed by atoms with Gasteiger partial charge in [-0.1, -0.05) is 6.92 Å². The number of methoxy groups -OCH3 is 2. The Morgan fingerprint density at radius 3 is 2.20 bits per heavy atom. The van der Waals surface area contributed by atoms with Gasteiger partial charge in [-0.25, -0.2) is 0 Å². The van der Waals surface area contributed by atoms with Gasteiger partial charge in [-0.3, -0.25) is 9.59 Å². The molecule has 2 rings (SSSR count). The van der Waals surface area contributed by atoms with Gasteiger partial charge in [0.15, 0.2) is 11.5 Å². The van der Waals surface area contributed by atoms with Crippen LogP contribution in [0.5, 0.6) is 11.5 Å². The molecule has 140 valence electrons. The molecule has 25 heavy (non-hydrogen) atoms. The zero-order valence-electron chi connectivity index (χ0n) is 15.2. The molecule has 7 nitrogen and oxygen atoms in total. The van der Waals surface area contributed by atoms with Crippen molar-refractivity contribution in [2.24, 2.45) is 11.8 Å². The number of hydrogen-bond donors (Lipinski definition) is 2. The summed E-state index contributed by atoms with van der Waals surface area (Å²) < 4.78 is 10.5.